The number of carbonyl (C=O) groups excluding carboxylic acids is 1. The first-order chi connectivity index (χ1) is 9.97. The van der Waals surface area contributed by atoms with E-state index in [2.05, 4.69) is 15.7 Å². The van der Waals surface area contributed by atoms with Crippen LogP contribution >= 0.6 is 11.6 Å². The monoisotopic (exact) mass is 308 g/mol. The lowest BCUT2D eigenvalue weighted by Crippen LogP contribution is -2.36. The summed E-state index contributed by atoms with van der Waals surface area (Å²) in [5, 5.41) is 18.3. The number of carboxylic acid groups (broad SMARTS) is 1. The van der Waals surface area contributed by atoms with E-state index in [1.54, 1.807) is 31.3 Å². The van der Waals surface area contributed by atoms with Gasteiger partial charge in [0.25, 0.3) is 0 Å². The minimum atomic E-state index is -1.19. The minimum absolute atomic E-state index is 0.362. The normalized spacial score (nSPS) is 11.7. The van der Waals surface area contributed by atoms with E-state index in [-0.39, 0.29) is 0 Å². The maximum Gasteiger partial charge on any atom is 0.331 e. The Hall–Kier alpha value is -2.54. The van der Waals surface area contributed by atoms with E-state index in [1.165, 1.54) is 17.1 Å². The van der Waals surface area contributed by atoms with Crippen LogP contribution in [0.5, 0.6) is 0 Å². The topological polar surface area (TPSA) is 96.2 Å². The number of benzene rings is 1. The maximum absolute atomic E-state index is 11.9. The van der Waals surface area contributed by atoms with Crippen LogP contribution in [0.1, 0.15) is 11.6 Å². The summed E-state index contributed by atoms with van der Waals surface area (Å²) in [4.78, 5) is 23.1. The number of carbonyl (C=O) groups is 2. The van der Waals surface area contributed by atoms with Gasteiger partial charge in [-0.3, -0.25) is 4.68 Å². The number of anilines is 1. The Balaban J connectivity index is 2.09. The number of urea groups is 1. The molecule has 3 N–H and O–H groups in total. The van der Waals surface area contributed by atoms with Gasteiger partial charge in [-0.05, 0) is 12.1 Å². The van der Waals surface area contributed by atoms with Crippen LogP contribution in [0.2, 0.25) is 5.02 Å². The molecule has 2 aromatic rings. The predicted molar refractivity (Wildman–Crippen MR) is 77.2 cm³/mol. The van der Waals surface area contributed by atoms with E-state index in [0.29, 0.717) is 16.3 Å². The number of hydrogen-bond acceptors (Lipinski definition) is 3. The summed E-state index contributed by atoms with van der Waals surface area (Å²) in [6, 6.07) is 4.80. The molecule has 1 atom stereocenters. The number of rotatable bonds is 4. The Morgan fingerprint density at radius 3 is 2.67 bits per heavy atom. The van der Waals surface area contributed by atoms with E-state index < -0.39 is 18.0 Å². The van der Waals surface area contributed by atoms with Crippen LogP contribution in [-0.2, 0) is 11.8 Å². The molecule has 0 aliphatic heterocycles. The molecular formula is C13H13ClN4O3. The Kier molecular flexibility index (Phi) is 4.44. The minimum Gasteiger partial charge on any atom is -0.479 e. The first-order valence-corrected chi connectivity index (χ1v) is 6.38. The van der Waals surface area contributed by atoms with E-state index in [4.69, 9.17) is 11.6 Å². The van der Waals surface area contributed by atoms with E-state index in [9.17, 15) is 14.7 Å². The molecule has 0 radical (unpaired) electrons. The molecule has 0 fully saturated rings. The van der Waals surface area contributed by atoms with Crippen molar-refractivity contribution in [1.29, 1.82) is 0 Å². The highest BCUT2D eigenvalue weighted by Gasteiger charge is 2.23. The lowest BCUT2D eigenvalue weighted by Gasteiger charge is -2.14. The summed E-state index contributed by atoms with van der Waals surface area (Å²) in [5.41, 5.74) is 0.770. The van der Waals surface area contributed by atoms with Gasteiger partial charge >= 0.3 is 12.0 Å². The highest BCUT2D eigenvalue weighted by molar-refractivity contribution is 6.33. The second kappa shape index (κ2) is 6.27. The summed E-state index contributed by atoms with van der Waals surface area (Å²) < 4.78 is 1.46. The van der Waals surface area contributed by atoms with Crippen LogP contribution in [0.3, 0.4) is 0 Å². The van der Waals surface area contributed by atoms with Crippen molar-refractivity contribution in [2.45, 2.75) is 6.04 Å². The van der Waals surface area contributed by atoms with Crippen LogP contribution in [0.4, 0.5) is 10.5 Å². The number of aryl methyl sites for hydroxylation is 1. The zero-order chi connectivity index (χ0) is 15.4. The van der Waals surface area contributed by atoms with Gasteiger partial charge in [0, 0.05) is 18.8 Å². The second-order valence-electron chi connectivity index (χ2n) is 4.30. The Labute approximate surface area is 125 Å². The van der Waals surface area contributed by atoms with Crippen molar-refractivity contribution in [3.05, 3.63) is 47.2 Å². The molecule has 1 heterocycles. The molecule has 110 valence electrons. The Morgan fingerprint density at radius 1 is 1.38 bits per heavy atom. The zero-order valence-corrected chi connectivity index (χ0v) is 11.8. The van der Waals surface area contributed by atoms with E-state index in [1.807, 2.05) is 0 Å². The summed E-state index contributed by atoms with van der Waals surface area (Å²) in [5.74, 6) is -1.18. The predicted octanol–water partition coefficient (Wildman–Crippen LogP) is 2.02. The summed E-state index contributed by atoms with van der Waals surface area (Å²) in [6.45, 7) is 0. The number of aliphatic carboxylic acids is 1. The lowest BCUT2D eigenvalue weighted by atomic mass is 10.1. The summed E-state index contributed by atoms with van der Waals surface area (Å²) in [7, 11) is 1.66. The molecule has 0 saturated heterocycles. The fourth-order valence-corrected chi connectivity index (χ4v) is 1.91. The molecule has 1 unspecified atom stereocenters. The van der Waals surface area contributed by atoms with Gasteiger partial charge in [-0.1, -0.05) is 23.7 Å². The van der Waals surface area contributed by atoms with E-state index in [0.717, 1.165) is 0 Å². The smallest absolute Gasteiger partial charge is 0.331 e. The molecule has 0 spiro atoms. The molecule has 0 saturated carbocycles. The third-order valence-corrected chi connectivity index (χ3v) is 3.03. The van der Waals surface area contributed by atoms with Crippen molar-refractivity contribution in [3.63, 3.8) is 0 Å². The van der Waals surface area contributed by atoms with Crippen LogP contribution in [0.15, 0.2) is 36.7 Å². The van der Waals surface area contributed by atoms with Crippen molar-refractivity contribution in [3.8, 4) is 0 Å². The molecule has 8 heteroatoms. The van der Waals surface area contributed by atoms with Gasteiger partial charge in [-0.15, -0.1) is 0 Å². The van der Waals surface area contributed by atoms with Crippen molar-refractivity contribution in [1.82, 2.24) is 15.1 Å². The molecular weight excluding hydrogens is 296 g/mol. The molecule has 7 nitrogen and oxygen atoms in total. The fourth-order valence-electron chi connectivity index (χ4n) is 1.73. The number of nitrogens with zero attached hydrogens (tertiary/aromatic N) is 2. The first kappa shape index (κ1) is 14.9. The highest BCUT2D eigenvalue weighted by Crippen LogP contribution is 2.20. The Morgan fingerprint density at radius 2 is 2.10 bits per heavy atom. The van der Waals surface area contributed by atoms with Gasteiger partial charge in [0.15, 0.2) is 6.04 Å². The molecule has 0 aliphatic rings. The summed E-state index contributed by atoms with van der Waals surface area (Å²) >= 11 is 5.92. The standard InChI is InChI=1S/C13H13ClN4O3/c1-18-7-8(6-15-18)11(12(19)20)17-13(21)16-10-5-3-2-4-9(10)14/h2-7,11H,1H3,(H,19,20)(H2,16,17,21). The van der Waals surface area contributed by atoms with Gasteiger partial charge in [0.2, 0.25) is 0 Å². The second-order valence-corrected chi connectivity index (χ2v) is 4.70. The number of nitrogens with one attached hydrogen (secondary N) is 2. The number of halogens is 1. The average molecular weight is 309 g/mol. The van der Waals surface area contributed by atoms with Crippen LogP contribution in [0.25, 0.3) is 0 Å². The molecule has 21 heavy (non-hydrogen) atoms. The van der Waals surface area contributed by atoms with Crippen LogP contribution in [-0.4, -0.2) is 26.9 Å². The SMILES string of the molecule is Cn1cc(C(NC(=O)Nc2ccccc2Cl)C(=O)O)cn1. The first-order valence-electron chi connectivity index (χ1n) is 6.01. The van der Waals surface area contributed by atoms with Gasteiger partial charge in [0.05, 0.1) is 16.9 Å². The number of hydrogen-bond donors (Lipinski definition) is 3. The largest absolute Gasteiger partial charge is 0.479 e. The molecule has 0 bridgehead atoms. The number of aromatic nitrogens is 2. The average Bonchev–Trinajstić information content (AvgIpc) is 2.85. The highest BCUT2D eigenvalue weighted by atomic mass is 35.5. The van der Waals surface area contributed by atoms with Gasteiger partial charge < -0.3 is 15.7 Å². The lowest BCUT2D eigenvalue weighted by molar-refractivity contribution is -0.139. The molecule has 1 aromatic heterocycles. The van der Waals surface area contributed by atoms with Crippen molar-refractivity contribution < 1.29 is 14.7 Å². The van der Waals surface area contributed by atoms with Crippen LogP contribution < -0.4 is 10.6 Å². The van der Waals surface area contributed by atoms with E-state index >= 15 is 0 Å². The van der Waals surface area contributed by atoms with Gasteiger partial charge in [-0.2, -0.15) is 5.10 Å². The van der Waals surface area contributed by atoms with Gasteiger partial charge in [-0.25, -0.2) is 9.59 Å². The fraction of sp³-hybridized carbons (Fsp3) is 0.154. The third kappa shape index (κ3) is 3.73. The quantitative estimate of drug-likeness (QED) is 0.805. The van der Waals surface area contributed by atoms with Crippen molar-refractivity contribution in [2.75, 3.05) is 5.32 Å². The van der Waals surface area contributed by atoms with Crippen molar-refractivity contribution >= 4 is 29.3 Å². The van der Waals surface area contributed by atoms with Crippen molar-refractivity contribution in [2.24, 2.45) is 7.05 Å². The molecule has 0 aliphatic carbocycles. The maximum atomic E-state index is 11.9. The molecule has 2 rings (SSSR count). The Bertz CT molecular complexity index is 671. The number of para-hydroxylation sites is 1. The molecule has 1 aromatic carbocycles. The molecule has 2 amide bonds. The summed E-state index contributed by atoms with van der Waals surface area (Å²) in [6.07, 6.45) is 2.91. The van der Waals surface area contributed by atoms with Crippen LogP contribution in [0, 0.1) is 0 Å². The third-order valence-electron chi connectivity index (χ3n) is 2.70. The number of carboxylic acids is 1. The van der Waals surface area contributed by atoms with Gasteiger partial charge in [0.1, 0.15) is 0 Å². The number of amides is 2. The zero-order valence-electron chi connectivity index (χ0n) is 11.1.